The molecule has 0 spiro atoms. The van der Waals surface area contributed by atoms with Crippen molar-refractivity contribution in [3.63, 3.8) is 0 Å². The van der Waals surface area contributed by atoms with E-state index in [-0.39, 0.29) is 12.5 Å². The fraction of sp³-hybridized carbons (Fsp3) is 0.619. The Kier molecular flexibility index (Phi) is 9.65. The summed E-state index contributed by atoms with van der Waals surface area (Å²) in [6, 6.07) is 1.44. The SMILES string of the molecule is CC1C=CC(N)C1.CCC.CCC(=O)N1CCc2ncc(C(F)(F)F)cc2C1. The lowest BCUT2D eigenvalue weighted by atomic mass is 10.0. The molecule has 1 aromatic rings. The molecule has 2 aliphatic rings. The molecule has 0 aromatic carbocycles. The zero-order valence-electron chi connectivity index (χ0n) is 17.2. The first kappa shape index (κ1) is 24.1. The molecular weight excluding hydrogens is 367 g/mol. The summed E-state index contributed by atoms with van der Waals surface area (Å²) in [6.45, 7) is 8.92. The van der Waals surface area contributed by atoms with Crippen LogP contribution >= 0.6 is 0 Å². The number of nitrogens with two attached hydrogens (primary N) is 1. The second kappa shape index (κ2) is 11.2. The van der Waals surface area contributed by atoms with Crippen LogP contribution < -0.4 is 5.73 Å². The summed E-state index contributed by atoms with van der Waals surface area (Å²) in [6.07, 6.45) is 3.98. The molecule has 2 N–H and O–H groups in total. The summed E-state index contributed by atoms with van der Waals surface area (Å²) in [4.78, 5) is 17.0. The van der Waals surface area contributed by atoms with E-state index in [0.717, 1.165) is 24.6 Å². The number of alkyl halides is 3. The molecular formula is C21H32F3N3O. The second-order valence-corrected chi connectivity index (χ2v) is 7.22. The lowest BCUT2D eigenvalue weighted by Gasteiger charge is -2.28. The first-order valence-electron chi connectivity index (χ1n) is 9.88. The molecule has 1 aliphatic heterocycles. The predicted molar refractivity (Wildman–Crippen MR) is 106 cm³/mol. The summed E-state index contributed by atoms with van der Waals surface area (Å²) < 4.78 is 37.7. The van der Waals surface area contributed by atoms with Gasteiger partial charge >= 0.3 is 6.18 Å². The van der Waals surface area contributed by atoms with Crippen LogP contribution in [0.4, 0.5) is 13.2 Å². The van der Waals surface area contributed by atoms with Crippen molar-refractivity contribution in [3.8, 4) is 0 Å². The fourth-order valence-corrected chi connectivity index (χ4v) is 2.94. The van der Waals surface area contributed by atoms with Crippen molar-refractivity contribution >= 4 is 5.91 Å². The molecule has 2 heterocycles. The third kappa shape index (κ3) is 7.62. The molecule has 2 unspecified atom stereocenters. The molecule has 0 fully saturated rings. The van der Waals surface area contributed by atoms with Crippen molar-refractivity contribution < 1.29 is 18.0 Å². The molecule has 4 nitrogen and oxygen atoms in total. The zero-order chi connectivity index (χ0) is 21.3. The summed E-state index contributed by atoms with van der Waals surface area (Å²) >= 11 is 0. The van der Waals surface area contributed by atoms with Crippen LogP contribution in [0.15, 0.2) is 24.4 Å². The summed E-state index contributed by atoms with van der Waals surface area (Å²) in [5, 5.41) is 0. The standard InChI is InChI=1S/C12H13F3N2O.C6H11N.C3H8/c1-2-11(18)17-4-3-10-8(7-17)5-9(6-16-10)12(13,14)15;1-5-2-3-6(7)4-5;1-3-2/h5-6H,2-4,7H2,1H3;2-3,5-6H,4,7H2,1H3;3H2,1-2H3. The highest BCUT2D eigenvalue weighted by Gasteiger charge is 2.32. The lowest BCUT2D eigenvalue weighted by molar-refractivity contribution is -0.137. The van der Waals surface area contributed by atoms with Gasteiger partial charge < -0.3 is 10.6 Å². The fourth-order valence-electron chi connectivity index (χ4n) is 2.94. The number of pyridine rings is 1. The van der Waals surface area contributed by atoms with Gasteiger partial charge in [-0.3, -0.25) is 9.78 Å². The second-order valence-electron chi connectivity index (χ2n) is 7.22. The quantitative estimate of drug-likeness (QED) is 0.695. The Hall–Kier alpha value is -1.89. The minimum atomic E-state index is -4.39. The van der Waals surface area contributed by atoms with Crippen molar-refractivity contribution in [1.82, 2.24) is 9.88 Å². The van der Waals surface area contributed by atoms with Gasteiger partial charge in [0.25, 0.3) is 0 Å². The van der Waals surface area contributed by atoms with Crippen LogP contribution in [0.5, 0.6) is 0 Å². The third-order valence-electron chi connectivity index (χ3n) is 4.35. The van der Waals surface area contributed by atoms with E-state index in [1.807, 2.05) is 0 Å². The van der Waals surface area contributed by atoms with Gasteiger partial charge in [-0.1, -0.05) is 46.3 Å². The van der Waals surface area contributed by atoms with E-state index in [4.69, 9.17) is 5.73 Å². The van der Waals surface area contributed by atoms with Gasteiger partial charge in [-0.25, -0.2) is 0 Å². The Labute approximate surface area is 166 Å². The van der Waals surface area contributed by atoms with Crippen molar-refractivity contribution in [2.24, 2.45) is 11.7 Å². The Bertz CT molecular complexity index is 649. The van der Waals surface area contributed by atoms with Crippen molar-refractivity contribution in [2.45, 2.75) is 72.1 Å². The van der Waals surface area contributed by atoms with Crippen LogP contribution in [-0.4, -0.2) is 28.4 Å². The monoisotopic (exact) mass is 399 g/mol. The average Bonchev–Trinajstić information content (AvgIpc) is 3.03. The van der Waals surface area contributed by atoms with Crippen LogP contribution in [-0.2, 0) is 23.9 Å². The molecule has 1 aliphatic carbocycles. The molecule has 1 aromatic heterocycles. The molecule has 7 heteroatoms. The Balaban J connectivity index is 0.000000324. The molecule has 0 radical (unpaired) electrons. The zero-order valence-corrected chi connectivity index (χ0v) is 17.2. The number of allylic oxidation sites excluding steroid dienone is 1. The molecule has 0 saturated heterocycles. The number of nitrogens with zero attached hydrogens (tertiary/aromatic N) is 2. The molecule has 2 atom stereocenters. The first-order chi connectivity index (χ1) is 13.1. The summed E-state index contributed by atoms with van der Waals surface area (Å²) in [5.41, 5.74) is 5.93. The number of aromatic nitrogens is 1. The molecule has 0 saturated carbocycles. The topological polar surface area (TPSA) is 59.2 Å². The van der Waals surface area contributed by atoms with Gasteiger partial charge in [-0.15, -0.1) is 0 Å². The number of carbonyl (C=O) groups is 1. The maximum Gasteiger partial charge on any atom is 0.417 e. The van der Waals surface area contributed by atoms with Crippen molar-refractivity contribution in [2.75, 3.05) is 6.54 Å². The van der Waals surface area contributed by atoms with Gasteiger partial charge in [0.15, 0.2) is 0 Å². The van der Waals surface area contributed by atoms with E-state index in [1.54, 1.807) is 11.8 Å². The Morgan fingerprint density at radius 1 is 1.29 bits per heavy atom. The smallest absolute Gasteiger partial charge is 0.338 e. The highest BCUT2D eigenvalue weighted by molar-refractivity contribution is 5.76. The number of rotatable bonds is 1. The van der Waals surface area contributed by atoms with E-state index in [1.165, 1.54) is 6.42 Å². The normalized spacial score (nSPS) is 20.5. The third-order valence-corrected chi connectivity index (χ3v) is 4.35. The number of hydrogen-bond acceptors (Lipinski definition) is 3. The summed E-state index contributed by atoms with van der Waals surface area (Å²) in [5.74, 6) is 0.674. The van der Waals surface area contributed by atoms with Gasteiger partial charge in [-0.05, 0) is 24.0 Å². The van der Waals surface area contributed by atoms with E-state index in [0.29, 0.717) is 36.7 Å². The molecule has 28 heavy (non-hydrogen) atoms. The number of fused-ring (bicyclic) bond motifs is 1. The molecule has 1 amide bonds. The van der Waals surface area contributed by atoms with Gasteiger partial charge in [0.1, 0.15) is 0 Å². The number of halogens is 3. The molecule has 3 rings (SSSR count). The van der Waals surface area contributed by atoms with E-state index < -0.39 is 11.7 Å². The van der Waals surface area contributed by atoms with Crippen LogP contribution in [0.2, 0.25) is 0 Å². The van der Waals surface area contributed by atoms with Crippen LogP contribution in [0.3, 0.4) is 0 Å². The van der Waals surface area contributed by atoms with E-state index in [9.17, 15) is 18.0 Å². The van der Waals surface area contributed by atoms with Gasteiger partial charge in [0.2, 0.25) is 5.91 Å². The molecule has 158 valence electrons. The Morgan fingerprint density at radius 2 is 1.93 bits per heavy atom. The highest BCUT2D eigenvalue weighted by atomic mass is 19.4. The average molecular weight is 400 g/mol. The van der Waals surface area contributed by atoms with Gasteiger partial charge in [0, 0.05) is 43.9 Å². The summed E-state index contributed by atoms with van der Waals surface area (Å²) in [7, 11) is 0. The maximum atomic E-state index is 12.6. The predicted octanol–water partition coefficient (Wildman–Crippen LogP) is 4.72. The van der Waals surface area contributed by atoms with Gasteiger partial charge in [0.05, 0.1) is 5.56 Å². The number of carbonyl (C=O) groups excluding carboxylic acids is 1. The minimum Gasteiger partial charge on any atom is -0.338 e. The van der Waals surface area contributed by atoms with Crippen molar-refractivity contribution in [3.05, 3.63) is 41.2 Å². The molecule has 0 bridgehead atoms. The van der Waals surface area contributed by atoms with E-state index >= 15 is 0 Å². The van der Waals surface area contributed by atoms with Crippen LogP contribution in [0, 0.1) is 5.92 Å². The maximum absolute atomic E-state index is 12.6. The van der Waals surface area contributed by atoms with Gasteiger partial charge in [-0.2, -0.15) is 13.2 Å². The number of amides is 1. The first-order valence-corrected chi connectivity index (χ1v) is 9.88. The number of hydrogen-bond donors (Lipinski definition) is 1. The largest absolute Gasteiger partial charge is 0.417 e. The Morgan fingerprint density at radius 3 is 2.36 bits per heavy atom. The van der Waals surface area contributed by atoms with Crippen LogP contribution in [0.25, 0.3) is 0 Å². The van der Waals surface area contributed by atoms with E-state index in [2.05, 4.69) is 37.9 Å². The van der Waals surface area contributed by atoms with Crippen LogP contribution in [0.1, 0.15) is 63.8 Å². The lowest BCUT2D eigenvalue weighted by Crippen LogP contribution is -2.36. The highest BCUT2D eigenvalue weighted by Crippen LogP contribution is 2.31. The minimum absolute atomic E-state index is 0.0435. The van der Waals surface area contributed by atoms with Crippen molar-refractivity contribution in [1.29, 1.82) is 0 Å².